The molecule has 3 rings (SSSR count). The average molecular weight is 347 g/mol. The highest BCUT2D eigenvalue weighted by Gasteiger charge is 2.28. The van der Waals surface area contributed by atoms with Gasteiger partial charge in [0.05, 0.1) is 17.9 Å². The van der Waals surface area contributed by atoms with Crippen molar-refractivity contribution in [2.45, 2.75) is 18.9 Å². The summed E-state index contributed by atoms with van der Waals surface area (Å²) in [6.07, 6.45) is 3.65. The molecule has 0 radical (unpaired) electrons. The van der Waals surface area contributed by atoms with E-state index in [2.05, 4.69) is 4.98 Å². The van der Waals surface area contributed by atoms with Gasteiger partial charge in [0.25, 0.3) is 5.91 Å². The predicted molar refractivity (Wildman–Crippen MR) is 90.9 cm³/mol. The number of benzene rings is 1. The van der Waals surface area contributed by atoms with Crippen molar-refractivity contribution in [2.24, 2.45) is 5.92 Å². The van der Waals surface area contributed by atoms with Crippen molar-refractivity contribution in [2.75, 3.05) is 13.1 Å². The van der Waals surface area contributed by atoms with Gasteiger partial charge >= 0.3 is 0 Å². The zero-order valence-electron chi connectivity index (χ0n) is 13.1. The second-order valence-electron chi connectivity index (χ2n) is 6.06. The van der Waals surface area contributed by atoms with Crippen molar-refractivity contribution in [3.63, 3.8) is 0 Å². The third-order valence-corrected chi connectivity index (χ3v) is 4.71. The molecular weight excluding hydrogens is 328 g/mol. The Bertz CT molecular complexity index is 712. The van der Waals surface area contributed by atoms with Crippen LogP contribution in [-0.2, 0) is 0 Å². The minimum Gasteiger partial charge on any atom is -0.506 e. The molecule has 1 fully saturated rings. The molecule has 0 spiro atoms. The number of carbonyl (C=O) groups is 1. The summed E-state index contributed by atoms with van der Waals surface area (Å²) >= 11 is 5.88. The molecule has 1 aromatic heterocycles. The third kappa shape index (κ3) is 3.68. The summed E-state index contributed by atoms with van der Waals surface area (Å²) in [6, 6.07) is 8.64. The van der Waals surface area contributed by atoms with Crippen LogP contribution >= 0.6 is 11.6 Å². The lowest BCUT2D eigenvalue weighted by molar-refractivity contribution is 0.0462. The van der Waals surface area contributed by atoms with Gasteiger partial charge in [-0.3, -0.25) is 9.78 Å². The van der Waals surface area contributed by atoms with Crippen molar-refractivity contribution in [1.29, 1.82) is 0 Å². The molecule has 0 saturated carbocycles. The molecule has 1 aliphatic heterocycles. The molecule has 6 heteroatoms. The normalized spacial score (nSPS) is 16.8. The van der Waals surface area contributed by atoms with Crippen LogP contribution in [0.3, 0.4) is 0 Å². The number of aliphatic hydroxyl groups is 1. The highest BCUT2D eigenvalue weighted by atomic mass is 35.5. The number of pyridine rings is 1. The van der Waals surface area contributed by atoms with E-state index in [1.165, 1.54) is 18.5 Å². The number of carbonyl (C=O) groups excluding carboxylic acids is 1. The molecular formula is C18H19ClN2O3. The fourth-order valence-electron chi connectivity index (χ4n) is 3.08. The number of halogens is 1. The van der Waals surface area contributed by atoms with Crippen molar-refractivity contribution in [3.05, 3.63) is 58.9 Å². The smallest absolute Gasteiger partial charge is 0.255 e. The quantitative estimate of drug-likeness (QED) is 0.896. The summed E-state index contributed by atoms with van der Waals surface area (Å²) in [6.45, 7) is 1.15. The molecule has 1 aliphatic rings. The fourth-order valence-corrected chi connectivity index (χ4v) is 3.20. The van der Waals surface area contributed by atoms with Gasteiger partial charge in [-0.25, -0.2) is 0 Å². The fraction of sp³-hybridized carbons (Fsp3) is 0.333. The van der Waals surface area contributed by atoms with E-state index in [0.717, 1.165) is 18.4 Å². The van der Waals surface area contributed by atoms with Gasteiger partial charge in [-0.2, -0.15) is 0 Å². The first-order chi connectivity index (χ1) is 11.5. The Morgan fingerprint density at radius 3 is 2.50 bits per heavy atom. The highest BCUT2D eigenvalue weighted by Crippen LogP contribution is 2.31. The maximum Gasteiger partial charge on any atom is 0.255 e. The maximum atomic E-state index is 12.4. The lowest BCUT2D eigenvalue weighted by atomic mass is 9.87. The van der Waals surface area contributed by atoms with Gasteiger partial charge in [0.15, 0.2) is 0 Å². The monoisotopic (exact) mass is 346 g/mol. The Labute approximate surface area is 145 Å². The van der Waals surface area contributed by atoms with E-state index in [1.807, 2.05) is 12.1 Å². The number of nitrogens with zero attached hydrogens (tertiary/aromatic N) is 2. The molecule has 2 N–H and O–H groups in total. The van der Waals surface area contributed by atoms with Crippen molar-refractivity contribution in [1.82, 2.24) is 9.88 Å². The van der Waals surface area contributed by atoms with Crippen molar-refractivity contribution < 1.29 is 15.0 Å². The van der Waals surface area contributed by atoms with Gasteiger partial charge in [0.2, 0.25) is 0 Å². The van der Waals surface area contributed by atoms with E-state index in [0.29, 0.717) is 23.7 Å². The third-order valence-electron chi connectivity index (χ3n) is 4.46. The number of rotatable bonds is 3. The Hall–Kier alpha value is -2.11. The van der Waals surface area contributed by atoms with E-state index in [1.54, 1.807) is 17.0 Å². The molecule has 1 atom stereocenters. The van der Waals surface area contributed by atoms with Crippen molar-refractivity contribution in [3.8, 4) is 5.75 Å². The van der Waals surface area contributed by atoms with Crippen LogP contribution in [0.25, 0.3) is 0 Å². The number of aromatic hydroxyl groups is 1. The summed E-state index contributed by atoms with van der Waals surface area (Å²) in [5.74, 6) is -0.0516. The number of hydrogen-bond donors (Lipinski definition) is 2. The zero-order valence-corrected chi connectivity index (χ0v) is 13.9. The molecule has 126 valence electrons. The Morgan fingerprint density at radius 2 is 1.88 bits per heavy atom. The van der Waals surface area contributed by atoms with Crippen LogP contribution in [0.4, 0.5) is 0 Å². The Morgan fingerprint density at radius 1 is 1.21 bits per heavy atom. The molecule has 0 aliphatic carbocycles. The molecule has 0 bridgehead atoms. The first-order valence-electron chi connectivity index (χ1n) is 7.91. The van der Waals surface area contributed by atoms with Gasteiger partial charge < -0.3 is 15.1 Å². The number of likely N-dealkylation sites (tertiary alicyclic amines) is 1. The zero-order chi connectivity index (χ0) is 17.1. The van der Waals surface area contributed by atoms with Gasteiger partial charge in [0, 0.05) is 24.3 Å². The van der Waals surface area contributed by atoms with E-state index in [9.17, 15) is 15.0 Å². The average Bonchev–Trinajstić information content (AvgIpc) is 2.61. The molecule has 1 amide bonds. The largest absolute Gasteiger partial charge is 0.506 e. The second kappa shape index (κ2) is 7.20. The molecule has 1 aromatic carbocycles. The molecule has 1 unspecified atom stereocenters. The van der Waals surface area contributed by atoms with Crippen LogP contribution < -0.4 is 0 Å². The lowest BCUT2D eigenvalue weighted by Crippen LogP contribution is -2.39. The number of hydrogen-bond acceptors (Lipinski definition) is 4. The van der Waals surface area contributed by atoms with E-state index in [4.69, 9.17) is 11.6 Å². The second-order valence-corrected chi connectivity index (χ2v) is 6.49. The van der Waals surface area contributed by atoms with Gasteiger partial charge in [-0.1, -0.05) is 23.7 Å². The van der Waals surface area contributed by atoms with Crippen LogP contribution in [0.15, 0.2) is 42.7 Å². The lowest BCUT2D eigenvalue weighted by Gasteiger charge is -2.34. The highest BCUT2D eigenvalue weighted by molar-refractivity contribution is 6.30. The van der Waals surface area contributed by atoms with Crippen LogP contribution in [0.1, 0.15) is 34.9 Å². The molecule has 2 aromatic rings. The van der Waals surface area contributed by atoms with Gasteiger partial charge in [-0.15, -0.1) is 0 Å². The molecule has 24 heavy (non-hydrogen) atoms. The minimum atomic E-state index is -0.554. The van der Waals surface area contributed by atoms with E-state index >= 15 is 0 Å². The van der Waals surface area contributed by atoms with E-state index in [-0.39, 0.29) is 17.6 Å². The minimum absolute atomic E-state index is 0.0195. The van der Waals surface area contributed by atoms with Crippen LogP contribution in [-0.4, -0.2) is 39.1 Å². The topological polar surface area (TPSA) is 73.7 Å². The Kier molecular flexibility index (Phi) is 5.02. The van der Waals surface area contributed by atoms with Gasteiger partial charge in [-0.05, 0) is 42.5 Å². The summed E-state index contributed by atoms with van der Waals surface area (Å²) in [5, 5.41) is 20.6. The maximum absolute atomic E-state index is 12.4. The summed E-state index contributed by atoms with van der Waals surface area (Å²) in [7, 11) is 0. The van der Waals surface area contributed by atoms with Crippen molar-refractivity contribution >= 4 is 17.5 Å². The molecule has 5 nitrogen and oxygen atoms in total. The standard InChI is InChI=1S/C18H19ClN2O3/c19-15-3-1-12(2-4-15)17(23)13-5-7-21(8-6-13)18(24)14-9-16(22)11-20-10-14/h1-4,9-11,13,17,22-23H,5-8H2. The van der Waals surface area contributed by atoms with E-state index < -0.39 is 6.10 Å². The van der Waals surface area contributed by atoms with Crippen LogP contribution in [0.5, 0.6) is 5.75 Å². The summed E-state index contributed by atoms with van der Waals surface area (Å²) in [5.41, 5.74) is 1.23. The van der Waals surface area contributed by atoms with Crippen LogP contribution in [0, 0.1) is 5.92 Å². The Balaban J connectivity index is 1.61. The summed E-state index contributed by atoms with van der Waals surface area (Å²) < 4.78 is 0. The van der Waals surface area contributed by atoms with Crippen LogP contribution in [0.2, 0.25) is 5.02 Å². The number of aliphatic hydroxyl groups excluding tert-OH is 1. The number of piperidine rings is 1. The first kappa shape index (κ1) is 16.7. The first-order valence-corrected chi connectivity index (χ1v) is 8.29. The SMILES string of the molecule is O=C(c1cncc(O)c1)N1CCC(C(O)c2ccc(Cl)cc2)CC1. The number of amides is 1. The molecule has 2 heterocycles. The summed E-state index contributed by atoms with van der Waals surface area (Å²) in [4.78, 5) is 18.0. The van der Waals surface area contributed by atoms with Gasteiger partial charge in [0.1, 0.15) is 5.75 Å². The predicted octanol–water partition coefficient (Wildman–Crippen LogP) is 3.03. The molecule has 1 saturated heterocycles. The number of aromatic nitrogens is 1.